The highest BCUT2D eigenvalue weighted by Crippen LogP contribution is 2.48. The molecule has 4 heteroatoms. The van der Waals surface area contributed by atoms with Gasteiger partial charge in [0.25, 0.3) is 0 Å². The summed E-state index contributed by atoms with van der Waals surface area (Å²) in [6, 6.07) is 0. The molecule has 0 N–H and O–H groups in total. The zero-order chi connectivity index (χ0) is 18.1. The minimum Gasteiger partial charge on any atom is -0.359 e. The highest BCUT2D eigenvalue weighted by molar-refractivity contribution is 8.18. The van der Waals surface area contributed by atoms with Crippen LogP contribution in [0.5, 0.6) is 0 Å². The van der Waals surface area contributed by atoms with E-state index in [-0.39, 0.29) is 0 Å². The van der Waals surface area contributed by atoms with Crippen molar-refractivity contribution in [2.75, 3.05) is 32.0 Å². The van der Waals surface area contributed by atoms with E-state index in [0.717, 1.165) is 25.9 Å². The summed E-state index contributed by atoms with van der Waals surface area (Å²) in [4.78, 5) is 0. The van der Waals surface area contributed by atoms with Crippen molar-refractivity contribution in [3.8, 4) is 11.8 Å². The molecule has 0 spiro atoms. The summed E-state index contributed by atoms with van der Waals surface area (Å²) in [6.07, 6.45) is 15.1. The molecule has 1 saturated heterocycles. The van der Waals surface area contributed by atoms with Crippen molar-refractivity contribution in [1.82, 2.24) is 0 Å². The van der Waals surface area contributed by atoms with E-state index in [4.69, 9.17) is 9.47 Å². The maximum Gasteiger partial charge on any atom is 0.146 e. The van der Waals surface area contributed by atoms with Crippen LogP contribution in [0.4, 0.5) is 0 Å². The minimum absolute atomic E-state index is 0.423. The summed E-state index contributed by atoms with van der Waals surface area (Å²) >= 11 is 4.44. The van der Waals surface area contributed by atoms with E-state index in [1.165, 1.54) is 69.3 Å². The first-order valence-electron chi connectivity index (χ1n) is 10.1. The van der Waals surface area contributed by atoms with Gasteiger partial charge in [0, 0.05) is 26.6 Å². The average Bonchev–Trinajstić information content (AvgIpc) is 2.63. The Morgan fingerprint density at radius 3 is 2.28 bits per heavy atom. The SMILES string of the molecule is CCCC1(CCCC#CCCCCCCCOCOC)SCCCS1. The molecule has 2 nitrogen and oxygen atoms in total. The molecule has 0 unspecified atom stereocenters. The maximum atomic E-state index is 5.28. The van der Waals surface area contributed by atoms with Gasteiger partial charge >= 0.3 is 0 Å². The summed E-state index contributed by atoms with van der Waals surface area (Å²) in [5, 5.41) is 0. The van der Waals surface area contributed by atoms with Crippen molar-refractivity contribution in [1.29, 1.82) is 0 Å². The van der Waals surface area contributed by atoms with Crippen LogP contribution in [0.25, 0.3) is 0 Å². The molecular weight excluding hydrogens is 348 g/mol. The number of hydrogen-bond donors (Lipinski definition) is 0. The smallest absolute Gasteiger partial charge is 0.146 e. The lowest BCUT2D eigenvalue weighted by Crippen LogP contribution is -2.24. The third-order valence-electron chi connectivity index (χ3n) is 4.43. The minimum atomic E-state index is 0.423. The van der Waals surface area contributed by atoms with Crippen LogP contribution in [-0.4, -0.2) is 36.1 Å². The van der Waals surface area contributed by atoms with Crippen LogP contribution in [0.1, 0.15) is 84.0 Å². The van der Waals surface area contributed by atoms with E-state index in [1.54, 1.807) is 7.11 Å². The van der Waals surface area contributed by atoms with E-state index < -0.39 is 0 Å². The predicted octanol–water partition coefficient (Wildman–Crippen LogP) is 6.49. The second kappa shape index (κ2) is 16.4. The predicted molar refractivity (Wildman–Crippen MR) is 114 cm³/mol. The van der Waals surface area contributed by atoms with Gasteiger partial charge in [-0.25, -0.2) is 0 Å². The van der Waals surface area contributed by atoms with Crippen LogP contribution in [0, 0.1) is 11.8 Å². The fourth-order valence-electron chi connectivity index (χ4n) is 3.12. The van der Waals surface area contributed by atoms with Crippen LogP contribution < -0.4 is 0 Å². The number of unbranched alkanes of at least 4 members (excludes halogenated alkanes) is 6. The molecule has 0 aliphatic carbocycles. The first kappa shape index (κ1) is 23.2. The molecular formula is C21H38O2S2. The van der Waals surface area contributed by atoms with Gasteiger partial charge in [0.15, 0.2) is 0 Å². The van der Waals surface area contributed by atoms with Gasteiger partial charge in [-0.05, 0) is 50.0 Å². The molecule has 0 bridgehead atoms. The van der Waals surface area contributed by atoms with Gasteiger partial charge in [0.05, 0.1) is 4.08 Å². The van der Waals surface area contributed by atoms with Crippen molar-refractivity contribution >= 4 is 23.5 Å². The number of thioether (sulfide) groups is 2. The Hall–Kier alpha value is 0.180. The molecule has 25 heavy (non-hydrogen) atoms. The van der Waals surface area contributed by atoms with E-state index in [9.17, 15) is 0 Å². The van der Waals surface area contributed by atoms with Gasteiger partial charge in [-0.2, -0.15) is 0 Å². The van der Waals surface area contributed by atoms with Crippen LogP contribution in [-0.2, 0) is 9.47 Å². The molecule has 0 aromatic heterocycles. The lowest BCUT2D eigenvalue weighted by molar-refractivity contribution is -0.0315. The van der Waals surface area contributed by atoms with Crippen LogP contribution in [0.3, 0.4) is 0 Å². The Balaban J connectivity index is 1.95. The lowest BCUT2D eigenvalue weighted by Gasteiger charge is -2.36. The summed E-state index contributed by atoms with van der Waals surface area (Å²) in [5.41, 5.74) is 0. The molecule has 0 radical (unpaired) electrons. The second-order valence-electron chi connectivity index (χ2n) is 6.75. The Morgan fingerprint density at radius 2 is 1.56 bits per heavy atom. The summed E-state index contributed by atoms with van der Waals surface area (Å²) < 4.78 is 10.7. The van der Waals surface area contributed by atoms with Gasteiger partial charge in [-0.1, -0.05) is 32.6 Å². The number of rotatable bonds is 14. The Bertz CT molecular complexity index is 351. The molecule has 1 aliphatic heterocycles. The molecule has 0 aromatic carbocycles. The monoisotopic (exact) mass is 386 g/mol. The molecule has 1 aliphatic rings. The molecule has 1 heterocycles. The van der Waals surface area contributed by atoms with Gasteiger partial charge in [-0.3, -0.25) is 0 Å². The third kappa shape index (κ3) is 12.2. The van der Waals surface area contributed by atoms with E-state index in [1.807, 2.05) is 0 Å². The fraction of sp³-hybridized carbons (Fsp3) is 0.905. The molecule has 146 valence electrons. The Labute approximate surface area is 165 Å². The van der Waals surface area contributed by atoms with Crippen molar-refractivity contribution in [2.24, 2.45) is 0 Å². The highest BCUT2D eigenvalue weighted by atomic mass is 32.2. The zero-order valence-electron chi connectivity index (χ0n) is 16.4. The normalized spacial score (nSPS) is 16.4. The lowest BCUT2D eigenvalue weighted by atomic mass is 10.1. The molecule has 0 amide bonds. The number of hydrogen-bond acceptors (Lipinski definition) is 4. The Morgan fingerprint density at radius 1 is 0.880 bits per heavy atom. The van der Waals surface area contributed by atoms with Crippen LogP contribution in [0.15, 0.2) is 0 Å². The maximum absolute atomic E-state index is 5.28. The van der Waals surface area contributed by atoms with Crippen molar-refractivity contribution < 1.29 is 9.47 Å². The van der Waals surface area contributed by atoms with Crippen molar-refractivity contribution in [3.63, 3.8) is 0 Å². The molecule has 0 saturated carbocycles. The van der Waals surface area contributed by atoms with Gasteiger partial charge in [0.1, 0.15) is 6.79 Å². The van der Waals surface area contributed by atoms with E-state index in [2.05, 4.69) is 42.3 Å². The van der Waals surface area contributed by atoms with Gasteiger partial charge in [0.2, 0.25) is 0 Å². The molecule has 0 aromatic rings. The zero-order valence-corrected chi connectivity index (χ0v) is 18.1. The van der Waals surface area contributed by atoms with Gasteiger partial charge < -0.3 is 9.47 Å². The van der Waals surface area contributed by atoms with Crippen molar-refractivity contribution in [2.45, 2.75) is 88.1 Å². The largest absolute Gasteiger partial charge is 0.359 e. The first-order valence-corrected chi connectivity index (χ1v) is 12.1. The Kier molecular flexibility index (Phi) is 15.2. The molecule has 0 atom stereocenters. The highest BCUT2D eigenvalue weighted by Gasteiger charge is 2.31. The standard InChI is InChI=1S/C21H38O2S2/c1-3-15-21(24-18-14-19-25-21)16-12-10-8-6-4-5-7-9-11-13-17-23-20-22-2/h3-5,7,9-20H2,1-2H3. The van der Waals surface area contributed by atoms with E-state index in [0.29, 0.717) is 10.9 Å². The number of ether oxygens (including phenoxy) is 2. The quantitative estimate of drug-likeness (QED) is 0.193. The summed E-state index contributed by atoms with van der Waals surface area (Å²) in [5.74, 6) is 9.51. The number of methoxy groups -OCH3 is 1. The fourth-order valence-corrected chi connectivity index (χ4v) is 6.74. The topological polar surface area (TPSA) is 18.5 Å². The third-order valence-corrected chi connectivity index (χ3v) is 7.99. The van der Waals surface area contributed by atoms with E-state index >= 15 is 0 Å². The molecule has 1 fully saturated rings. The summed E-state index contributed by atoms with van der Waals surface area (Å²) in [6.45, 7) is 3.57. The van der Waals surface area contributed by atoms with Gasteiger partial charge in [-0.15, -0.1) is 35.4 Å². The van der Waals surface area contributed by atoms with Crippen LogP contribution >= 0.6 is 23.5 Å². The molecule has 1 rings (SSSR count). The average molecular weight is 387 g/mol. The second-order valence-corrected chi connectivity index (χ2v) is 9.97. The first-order chi connectivity index (χ1) is 12.3. The van der Waals surface area contributed by atoms with Crippen molar-refractivity contribution in [3.05, 3.63) is 0 Å². The summed E-state index contributed by atoms with van der Waals surface area (Å²) in [7, 11) is 1.66. The van der Waals surface area contributed by atoms with Crippen LogP contribution in [0.2, 0.25) is 0 Å².